The zero-order valence-corrected chi connectivity index (χ0v) is 14.1. The fraction of sp³-hybridized carbons (Fsp3) is 0.765. The summed E-state index contributed by atoms with van der Waals surface area (Å²) in [5.41, 5.74) is 2.44. The van der Waals surface area contributed by atoms with E-state index in [0.717, 1.165) is 23.9 Å². The molecule has 0 aliphatic carbocycles. The van der Waals surface area contributed by atoms with Crippen LogP contribution in [0.25, 0.3) is 0 Å². The van der Waals surface area contributed by atoms with Crippen molar-refractivity contribution >= 4 is 5.95 Å². The van der Waals surface area contributed by atoms with Crippen LogP contribution >= 0.6 is 0 Å². The Morgan fingerprint density at radius 1 is 1.20 bits per heavy atom. The van der Waals surface area contributed by atoms with Crippen molar-refractivity contribution in [1.29, 1.82) is 0 Å². The highest BCUT2D eigenvalue weighted by Gasteiger charge is 2.17. The van der Waals surface area contributed by atoms with Gasteiger partial charge in [0.05, 0.1) is 0 Å². The standard InChI is InChI=1S/C17H31N3/c1-7-8-9-10-17(5,6)12-18-16-19-14(4)11-15(20-16)13(2)3/h11,13H,7-10,12H2,1-6H3,(H,18,19,20). The Kier molecular flexibility index (Phi) is 6.44. The van der Waals surface area contributed by atoms with E-state index < -0.39 is 0 Å². The Labute approximate surface area is 124 Å². The second-order valence-electron chi connectivity index (χ2n) is 6.89. The van der Waals surface area contributed by atoms with Crippen LogP contribution in [0.2, 0.25) is 0 Å². The lowest BCUT2D eigenvalue weighted by atomic mass is 9.87. The fourth-order valence-corrected chi connectivity index (χ4v) is 2.23. The Morgan fingerprint density at radius 2 is 1.90 bits per heavy atom. The number of hydrogen-bond donors (Lipinski definition) is 1. The van der Waals surface area contributed by atoms with E-state index in [0.29, 0.717) is 11.3 Å². The van der Waals surface area contributed by atoms with Crippen LogP contribution in [0.15, 0.2) is 6.07 Å². The van der Waals surface area contributed by atoms with Gasteiger partial charge in [0.2, 0.25) is 5.95 Å². The molecule has 0 aromatic carbocycles. The summed E-state index contributed by atoms with van der Waals surface area (Å²) in [4.78, 5) is 9.10. The zero-order chi connectivity index (χ0) is 15.2. The van der Waals surface area contributed by atoms with Gasteiger partial charge in [-0.1, -0.05) is 53.9 Å². The minimum atomic E-state index is 0.292. The van der Waals surface area contributed by atoms with E-state index in [1.807, 2.05) is 6.92 Å². The number of hydrogen-bond acceptors (Lipinski definition) is 3. The summed E-state index contributed by atoms with van der Waals surface area (Å²) in [7, 11) is 0. The quantitative estimate of drug-likeness (QED) is 0.685. The summed E-state index contributed by atoms with van der Waals surface area (Å²) in [6.07, 6.45) is 5.15. The molecular weight excluding hydrogens is 246 g/mol. The Bertz CT molecular complexity index is 411. The van der Waals surface area contributed by atoms with Crippen molar-refractivity contribution in [1.82, 2.24) is 9.97 Å². The normalized spacial score (nSPS) is 11.9. The van der Waals surface area contributed by atoms with E-state index in [-0.39, 0.29) is 0 Å². The molecule has 1 heterocycles. The first-order chi connectivity index (χ1) is 9.34. The van der Waals surface area contributed by atoms with Gasteiger partial charge in [0, 0.05) is 17.9 Å². The van der Waals surface area contributed by atoms with Gasteiger partial charge in [-0.15, -0.1) is 0 Å². The molecule has 0 radical (unpaired) electrons. The molecule has 0 saturated heterocycles. The van der Waals surface area contributed by atoms with Gasteiger partial charge in [0.15, 0.2) is 0 Å². The van der Waals surface area contributed by atoms with Crippen LogP contribution in [0, 0.1) is 12.3 Å². The molecule has 0 amide bonds. The molecule has 0 fully saturated rings. The average Bonchev–Trinajstić information content (AvgIpc) is 2.36. The van der Waals surface area contributed by atoms with Crippen LogP contribution in [0.3, 0.4) is 0 Å². The predicted octanol–water partition coefficient (Wildman–Crippen LogP) is 4.93. The van der Waals surface area contributed by atoms with Gasteiger partial charge in [-0.3, -0.25) is 0 Å². The first-order valence-corrected chi connectivity index (χ1v) is 7.93. The molecule has 1 aromatic heterocycles. The molecule has 0 bridgehead atoms. The van der Waals surface area contributed by atoms with Gasteiger partial charge in [0.25, 0.3) is 0 Å². The largest absolute Gasteiger partial charge is 0.354 e. The van der Waals surface area contributed by atoms with Crippen molar-refractivity contribution in [3.05, 3.63) is 17.5 Å². The summed E-state index contributed by atoms with van der Waals surface area (Å²) in [5, 5.41) is 3.43. The topological polar surface area (TPSA) is 37.8 Å². The van der Waals surface area contributed by atoms with Gasteiger partial charge < -0.3 is 5.32 Å². The van der Waals surface area contributed by atoms with Crippen molar-refractivity contribution in [3.8, 4) is 0 Å². The van der Waals surface area contributed by atoms with E-state index in [1.54, 1.807) is 0 Å². The number of nitrogens with one attached hydrogen (secondary N) is 1. The summed E-state index contributed by atoms with van der Waals surface area (Å²) in [6, 6.07) is 2.07. The molecule has 1 rings (SSSR count). The van der Waals surface area contributed by atoms with Gasteiger partial charge in [-0.2, -0.15) is 0 Å². The molecule has 0 saturated carbocycles. The SMILES string of the molecule is CCCCCC(C)(C)CNc1nc(C)cc(C(C)C)n1. The summed E-state index contributed by atoms with van der Waals surface area (Å²) in [6.45, 7) is 14.2. The summed E-state index contributed by atoms with van der Waals surface area (Å²) < 4.78 is 0. The zero-order valence-electron chi connectivity index (χ0n) is 14.1. The maximum absolute atomic E-state index is 4.61. The van der Waals surface area contributed by atoms with Crippen molar-refractivity contribution in [2.24, 2.45) is 5.41 Å². The highest BCUT2D eigenvalue weighted by atomic mass is 15.1. The van der Waals surface area contributed by atoms with Crippen molar-refractivity contribution in [3.63, 3.8) is 0 Å². The van der Waals surface area contributed by atoms with E-state index in [9.17, 15) is 0 Å². The Balaban J connectivity index is 2.60. The van der Waals surface area contributed by atoms with Gasteiger partial charge in [-0.25, -0.2) is 9.97 Å². The van der Waals surface area contributed by atoms with E-state index in [4.69, 9.17) is 0 Å². The van der Waals surface area contributed by atoms with Crippen LogP contribution in [0.4, 0.5) is 5.95 Å². The lowest BCUT2D eigenvalue weighted by molar-refractivity contribution is 0.342. The lowest BCUT2D eigenvalue weighted by Crippen LogP contribution is -2.24. The van der Waals surface area contributed by atoms with Crippen molar-refractivity contribution in [2.75, 3.05) is 11.9 Å². The highest BCUT2D eigenvalue weighted by Crippen LogP contribution is 2.24. The number of rotatable bonds is 8. The van der Waals surface area contributed by atoms with Crippen LogP contribution < -0.4 is 5.32 Å². The number of unbranched alkanes of at least 4 members (excludes halogenated alkanes) is 2. The molecular formula is C17H31N3. The molecule has 0 aliphatic rings. The average molecular weight is 277 g/mol. The Morgan fingerprint density at radius 3 is 2.50 bits per heavy atom. The van der Waals surface area contributed by atoms with E-state index in [1.165, 1.54) is 25.7 Å². The van der Waals surface area contributed by atoms with Crippen LogP contribution in [-0.4, -0.2) is 16.5 Å². The molecule has 0 unspecified atom stereocenters. The first-order valence-electron chi connectivity index (χ1n) is 7.93. The Hall–Kier alpha value is -1.12. The molecule has 3 nitrogen and oxygen atoms in total. The third-order valence-corrected chi connectivity index (χ3v) is 3.65. The maximum atomic E-state index is 4.61. The minimum Gasteiger partial charge on any atom is -0.354 e. The number of aromatic nitrogens is 2. The monoisotopic (exact) mass is 277 g/mol. The summed E-state index contributed by atoms with van der Waals surface area (Å²) >= 11 is 0. The molecule has 0 spiro atoms. The summed E-state index contributed by atoms with van der Waals surface area (Å²) in [5.74, 6) is 1.21. The van der Waals surface area contributed by atoms with Crippen LogP contribution in [0.5, 0.6) is 0 Å². The van der Waals surface area contributed by atoms with E-state index in [2.05, 4.69) is 56.0 Å². The maximum Gasteiger partial charge on any atom is 0.223 e. The molecule has 0 aliphatic heterocycles. The third-order valence-electron chi connectivity index (χ3n) is 3.65. The fourth-order valence-electron chi connectivity index (χ4n) is 2.23. The van der Waals surface area contributed by atoms with Gasteiger partial charge >= 0.3 is 0 Å². The number of anilines is 1. The number of aryl methyl sites for hydroxylation is 1. The van der Waals surface area contributed by atoms with Crippen molar-refractivity contribution in [2.45, 2.75) is 73.1 Å². The van der Waals surface area contributed by atoms with E-state index >= 15 is 0 Å². The second-order valence-corrected chi connectivity index (χ2v) is 6.89. The third kappa shape index (κ3) is 5.89. The second kappa shape index (κ2) is 7.61. The first kappa shape index (κ1) is 16.9. The van der Waals surface area contributed by atoms with Crippen LogP contribution in [0.1, 0.15) is 77.6 Å². The molecule has 20 heavy (non-hydrogen) atoms. The van der Waals surface area contributed by atoms with Gasteiger partial charge in [-0.05, 0) is 30.7 Å². The minimum absolute atomic E-state index is 0.292. The lowest BCUT2D eigenvalue weighted by Gasteiger charge is -2.25. The smallest absolute Gasteiger partial charge is 0.223 e. The highest BCUT2D eigenvalue weighted by molar-refractivity contribution is 5.29. The molecule has 0 atom stereocenters. The van der Waals surface area contributed by atoms with Crippen LogP contribution in [-0.2, 0) is 0 Å². The predicted molar refractivity (Wildman–Crippen MR) is 87.3 cm³/mol. The molecule has 1 aromatic rings. The molecule has 114 valence electrons. The van der Waals surface area contributed by atoms with Gasteiger partial charge in [0.1, 0.15) is 0 Å². The van der Waals surface area contributed by atoms with Crippen molar-refractivity contribution < 1.29 is 0 Å². The number of nitrogens with zero attached hydrogens (tertiary/aromatic N) is 2. The molecule has 1 N–H and O–H groups in total. The molecule has 3 heteroatoms.